The maximum Gasteiger partial charge on any atom is 0.186 e. The maximum absolute atomic E-state index is 5.94. The van der Waals surface area contributed by atoms with E-state index < -0.39 is 0 Å². The summed E-state index contributed by atoms with van der Waals surface area (Å²) in [7, 11) is 1.93. The van der Waals surface area contributed by atoms with Crippen LogP contribution in [0.15, 0.2) is 11.5 Å². The maximum atomic E-state index is 5.94. The molecule has 1 aliphatic rings. The third-order valence-electron chi connectivity index (χ3n) is 2.61. The molecule has 2 atom stereocenters. The average molecular weight is 212 g/mol. The molecule has 78 valence electrons. The van der Waals surface area contributed by atoms with Gasteiger partial charge in [-0.1, -0.05) is 18.2 Å². The van der Waals surface area contributed by atoms with E-state index in [1.165, 1.54) is 19.3 Å². The molecular formula is C9H16N4S. The third-order valence-corrected chi connectivity index (χ3v) is 3.95. The van der Waals surface area contributed by atoms with Crippen LogP contribution in [0.5, 0.6) is 0 Å². The molecule has 2 N–H and O–H groups in total. The van der Waals surface area contributed by atoms with Gasteiger partial charge in [0.15, 0.2) is 5.16 Å². The standard InChI is InChI=1S/C9H16N4S/c1-13-9(11-6-12-13)14-8-4-2-3-7(10)5-8/h6-8H,2-5,10H2,1H3. The first-order chi connectivity index (χ1) is 6.75. The monoisotopic (exact) mass is 212 g/mol. The van der Waals surface area contributed by atoms with Crippen molar-refractivity contribution in [2.24, 2.45) is 12.8 Å². The van der Waals surface area contributed by atoms with Crippen LogP contribution in [-0.4, -0.2) is 26.1 Å². The molecule has 0 aromatic carbocycles. The zero-order chi connectivity index (χ0) is 9.97. The molecule has 0 bridgehead atoms. The van der Waals surface area contributed by atoms with E-state index >= 15 is 0 Å². The number of aryl methyl sites for hydroxylation is 1. The molecule has 1 heterocycles. The summed E-state index contributed by atoms with van der Waals surface area (Å²) in [5.74, 6) is 0. The lowest BCUT2D eigenvalue weighted by molar-refractivity contribution is 0.450. The van der Waals surface area contributed by atoms with Crippen molar-refractivity contribution >= 4 is 11.8 Å². The molecule has 1 aliphatic carbocycles. The van der Waals surface area contributed by atoms with E-state index in [2.05, 4.69) is 10.1 Å². The Morgan fingerprint density at radius 3 is 3.07 bits per heavy atom. The number of hydrogen-bond donors (Lipinski definition) is 1. The van der Waals surface area contributed by atoms with Crippen molar-refractivity contribution in [1.82, 2.24) is 14.8 Å². The van der Waals surface area contributed by atoms with Crippen LogP contribution in [0.25, 0.3) is 0 Å². The van der Waals surface area contributed by atoms with Gasteiger partial charge in [0.25, 0.3) is 0 Å². The highest BCUT2D eigenvalue weighted by molar-refractivity contribution is 7.99. The Hall–Kier alpha value is -0.550. The Morgan fingerprint density at radius 2 is 2.43 bits per heavy atom. The van der Waals surface area contributed by atoms with Crippen molar-refractivity contribution in [2.75, 3.05) is 0 Å². The lowest BCUT2D eigenvalue weighted by Gasteiger charge is -2.25. The first-order valence-corrected chi connectivity index (χ1v) is 5.90. The summed E-state index contributed by atoms with van der Waals surface area (Å²) in [6.45, 7) is 0. The molecule has 1 saturated carbocycles. The van der Waals surface area contributed by atoms with Crippen molar-refractivity contribution < 1.29 is 0 Å². The zero-order valence-corrected chi connectivity index (χ0v) is 9.20. The molecule has 4 nitrogen and oxygen atoms in total. The van der Waals surface area contributed by atoms with Crippen LogP contribution in [0.3, 0.4) is 0 Å². The minimum absolute atomic E-state index is 0.384. The minimum Gasteiger partial charge on any atom is -0.328 e. The van der Waals surface area contributed by atoms with Crippen molar-refractivity contribution in [3.63, 3.8) is 0 Å². The Morgan fingerprint density at radius 1 is 1.57 bits per heavy atom. The fourth-order valence-corrected chi connectivity index (χ4v) is 3.06. The Labute approximate surface area is 88.3 Å². The number of nitrogens with two attached hydrogens (primary N) is 1. The van der Waals surface area contributed by atoms with Gasteiger partial charge in [0.1, 0.15) is 6.33 Å². The van der Waals surface area contributed by atoms with Crippen LogP contribution in [0, 0.1) is 0 Å². The van der Waals surface area contributed by atoms with E-state index in [1.54, 1.807) is 6.33 Å². The van der Waals surface area contributed by atoms with Gasteiger partial charge >= 0.3 is 0 Å². The van der Waals surface area contributed by atoms with Crippen molar-refractivity contribution in [1.29, 1.82) is 0 Å². The molecule has 0 saturated heterocycles. The summed E-state index contributed by atoms with van der Waals surface area (Å²) < 4.78 is 1.82. The number of nitrogens with zero attached hydrogens (tertiary/aromatic N) is 3. The number of hydrogen-bond acceptors (Lipinski definition) is 4. The summed E-state index contributed by atoms with van der Waals surface area (Å²) in [6, 6.07) is 0.384. The molecule has 0 spiro atoms. The smallest absolute Gasteiger partial charge is 0.186 e. The predicted molar refractivity (Wildman–Crippen MR) is 57.1 cm³/mol. The van der Waals surface area contributed by atoms with Gasteiger partial charge < -0.3 is 5.73 Å². The van der Waals surface area contributed by atoms with Gasteiger partial charge in [0.05, 0.1) is 0 Å². The quantitative estimate of drug-likeness (QED) is 0.799. The minimum atomic E-state index is 0.384. The van der Waals surface area contributed by atoms with Crippen LogP contribution in [0.4, 0.5) is 0 Å². The fourth-order valence-electron chi connectivity index (χ4n) is 1.83. The molecular weight excluding hydrogens is 196 g/mol. The summed E-state index contributed by atoms with van der Waals surface area (Å²) in [4.78, 5) is 4.21. The summed E-state index contributed by atoms with van der Waals surface area (Å²) >= 11 is 1.81. The first kappa shape index (κ1) is 9.98. The molecule has 2 rings (SSSR count). The molecule has 0 aliphatic heterocycles. The summed E-state index contributed by atoms with van der Waals surface area (Å²) in [5, 5.41) is 5.68. The van der Waals surface area contributed by atoms with Crippen molar-refractivity contribution in [3.05, 3.63) is 6.33 Å². The topological polar surface area (TPSA) is 56.7 Å². The summed E-state index contributed by atoms with van der Waals surface area (Å²) in [6.07, 6.45) is 6.39. The normalized spacial score (nSPS) is 27.9. The molecule has 14 heavy (non-hydrogen) atoms. The highest BCUT2D eigenvalue weighted by Crippen LogP contribution is 2.31. The average Bonchev–Trinajstić information content (AvgIpc) is 2.52. The van der Waals surface area contributed by atoms with Gasteiger partial charge in [-0.05, 0) is 19.3 Å². The molecule has 1 aromatic rings. The van der Waals surface area contributed by atoms with Gasteiger partial charge in [0, 0.05) is 18.3 Å². The van der Waals surface area contributed by atoms with Crippen molar-refractivity contribution in [2.45, 2.75) is 42.1 Å². The van der Waals surface area contributed by atoms with E-state index in [0.717, 1.165) is 11.6 Å². The SMILES string of the molecule is Cn1ncnc1SC1CCCC(N)C1. The number of thioether (sulfide) groups is 1. The van der Waals surface area contributed by atoms with Gasteiger partial charge in [-0.3, -0.25) is 0 Å². The fraction of sp³-hybridized carbons (Fsp3) is 0.778. The van der Waals surface area contributed by atoms with Gasteiger partial charge in [-0.2, -0.15) is 5.10 Å². The Kier molecular flexibility index (Phi) is 3.08. The van der Waals surface area contributed by atoms with E-state index in [4.69, 9.17) is 5.73 Å². The Balaban J connectivity index is 1.94. The van der Waals surface area contributed by atoms with Crippen LogP contribution in [-0.2, 0) is 7.05 Å². The zero-order valence-electron chi connectivity index (χ0n) is 8.39. The number of aromatic nitrogens is 3. The van der Waals surface area contributed by atoms with E-state index in [-0.39, 0.29) is 0 Å². The predicted octanol–water partition coefficient (Wildman–Crippen LogP) is 1.18. The highest BCUT2D eigenvalue weighted by atomic mass is 32.2. The molecule has 1 fully saturated rings. The molecule has 2 unspecified atom stereocenters. The largest absolute Gasteiger partial charge is 0.328 e. The first-order valence-electron chi connectivity index (χ1n) is 5.02. The second-order valence-electron chi connectivity index (χ2n) is 3.83. The molecule has 1 aromatic heterocycles. The van der Waals surface area contributed by atoms with Gasteiger partial charge in [0.2, 0.25) is 0 Å². The van der Waals surface area contributed by atoms with Crippen LogP contribution in [0.2, 0.25) is 0 Å². The summed E-state index contributed by atoms with van der Waals surface area (Å²) in [5.41, 5.74) is 5.94. The molecule has 5 heteroatoms. The second-order valence-corrected chi connectivity index (χ2v) is 5.10. The Bertz CT molecular complexity index is 299. The van der Waals surface area contributed by atoms with E-state index in [0.29, 0.717) is 11.3 Å². The van der Waals surface area contributed by atoms with E-state index in [9.17, 15) is 0 Å². The van der Waals surface area contributed by atoms with Gasteiger partial charge in [-0.25, -0.2) is 9.67 Å². The lowest BCUT2D eigenvalue weighted by Crippen LogP contribution is -2.29. The second kappa shape index (κ2) is 4.31. The van der Waals surface area contributed by atoms with Gasteiger partial charge in [-0.15, -0.1) is 0 Å². The highest BCUT2D eigenvalue weighted by Gasteiger charge is 2.21. The van der Waals surface area contributed by atoms with Crippen LogP contribution >= 0.6 is 11.8 Å². The molecule has 0 radical (unpaired) electrons. The van der Waals surface area contributed by atoms with Crippen molar-refractivity contribution in [3.8, 4) is 0 Å². The molecule has 0 amide bonds. The van der Waals surface area contributed by atoms with E-state index in [1.807, 2.05) is 23.5 Å². The van der Waals surface area contributed by atoms with Crippen LogP contribution < -0.4 is 5.73 Å². The third kappa shape index (κ3) is 2.27. The lowest BCUT2D eigenvalue weighted by atomic mass is 9.96. The number of rotatable bonds is 2. The van der Waals surface area contributed by atoms with Crippen LogP contribution in [0.1, 0.15) is 25.7 Å².